The molecule has 51 heavy (non-hydrogen) atoms. The average molecular weight is 698 g/mol. The zero-order valence-corrected chi connectivity index (χ0v) is 28.9. The van der Waals surface area contributed by atoms with E-state index >= 15 is 4.39 Å². The molecule has 0 saturated carbocycles. The molecule has 1 fully saturated rings. The van der Waals surface area contributed by atoms with E-state index in [-0.39, 0.29) is 29.6 Å². The number of fused-ring (bicyclic) bond motifs is 1. The Bertz CT molecular complexity index is 2040. The Morgan fingerprint density at radius 2 is 1.78 bits per heavy atom. The van der Waals surface area contributed by atoms with Gasteiger partial charge in [0.1, 0.15) is 11.5 Å². The lowest BCUT2D eigenvalue weighted by atomic mass is 9.91. The molecule has 3 aliphatic rings. The minimum Gasteiger partial charge on any atom is -0.493 e. The first-order chi connectivity index (χ1) is 24.7. The third-order valence-electron chi connectivity index (χ3n) is 9.73. The number of amides is 2. The molecule has 0 aliphatic carbocycles. The van der Waals surface area contributed by atoms with E-state index in [1.165, 1.54) is 13.2 Å². The first-order valence-electron chi connectivity index (χ1n) is 17.2. The Hall–Kier alpha value is -5.50. The Morgan fingerprint density at radius 3 is 2.53 bits per heavy atom. The topological polar surface area (TPSA) is 122 Å². The minimum absolute atomic E-state index is 0.0121. The van der Waals surface area contributed by atoms with E-state index in [0.717, 1.165) is 40.6 Å². The molecule has 1 aromatic carbocycles. The van der Waals surface area contributed by atoms with Crippen LogP contribution in [0.2, 0.25) is 0 Å². The van der Waals surface area contributed by atoms with Gasteiger partial charge in [0.25, 0.3) is 5.91 Å². The van der Waals surface area contributed by atoms with Crippen LogP contribution in [0.1, 0.15) is 47.1 Å². The second kappa shape index (κ2) is 14.4. The maximum Gasteiger partial charge on any atom is 0.270 e. The van der Waals surface area contributed by atoms with Gasteiger partial charge >= 0.3 is 0 Å². The lowest BCUT2D eigenvalue weighted by molar-refractivity contribution is -0.131. The number of piperazine rings is 1. The van der Waals surface area contributed by atoms with Crippen molar-refractivity contribution in [3.63, 3.8) is 0 Å². The van der Waals surface area contributed by atoms with Crippen molar-refractivity contribution < 1.29 is 23.1 Å². The molecular formula is C37H41F2N9O3. The zero-order valence-electron chi connectivity index (χ0n) is 28.9. The summed E-state index contributed by atoms with van der Waals surface area (Å²) in [5.74, 6) is -0.371. The van der Waals surface area contributed by atoms with E-state index in [4.69, 9.17) is 4.74 Å². The number of pyridine rings is 2. The molecular weight excluding hydrogens is 656 g/mol. The van der Waals surface area contributed by atoms with Gasteiger partial charge in [0.15, 0.2) is 17.4 Å². The number of carbonyl (C=O) groups is 2. The molecule has 1 saturated heterocycles. The number of aromatic nitrogens is 3. The number of hydrogen-bond donors (Lipinski definition) is 3. The number of ether oxygens (including phenoxy) is 1. The van der Waals surface area contributed by atoms with Crippen LogP contribution in [-0.4, -0.2) is 94.5 Å². The summed E-state index contributed by atoms with van der Waals surface area (Å²) in [5.41, 5.74) is 11.0. The fraction of sp³-hybridized carbons (Fsp3) is 0.351. The molecule has 3 aliphatic heterocycles. The summed E-state index contributed by atoms with van der Waals surface area (Å²) < 4.78 is 35.8. The summed E-state index contributed by atoms with van der Waals surface area (Å²) >= 11 is 0. The summed E-state index contributed by atoms with van der Waals surface area (Å²) in [7, 11) is 1.47. The molecule has 7 rings (SSSR count). The van der Waals surface area contributed by atoms with Crippen molar-refractivity contribution in [3.8, 4) is 16.9 Å². The van der Waals surface area contributed by atoms with Gasteiger partial charge in [0.2, 0.25) is 5.91 Å². The van der Waals surface area contributed by atoms with Crippen LogP contribution in [-0.2, 0) is 11.2 Å². The number of aryl methyl sites for hydroxylation is 2. The second-order valence-corrected chi connectivity index (χ2v) is 12.9. The number of aromatic amines is 1. The number of anilines is 1. The van der Waals surface area contributed by atoms with E-state index in [0.29, 0.717) is 74.6 Å². The molecule has 6 heterocycles. The number of hydrogen-bond acceptors (Lipinski definition) is 9. The van der Waals surface area contributed by atoms with Crippen LogP contribution in [0.15, 0.2) is 55.1 Å². The van der Waals surface area contributed by atoms with Crippen LogP contribution in [0, 0.1) is 18.6 Å². The molecule has 14 heteroatoms. The number of nitrogens with one attached hydrogen (secondary N) is 3. The summed E-state index contributed by atoms with van der Waals surface area (Å²) in [6, 6.07) is 6.90. The largest absolute Gasteiger partial charge is 0.493 e. The lowest BCUT2D eigenvalue weighted by Gasteiger charge is -2.35. The third kappa shape index (κ3) is 6.83. The molecule has 0 radical (unpaired) electrons. The van der Waals surface area contributed by atoms with Crippen molar-refractivity contribution in [1.82, 2.24) is 40.7 Å². The molecule has 266 valence electrons. The van der Waals surface area contributed by atoms with E-state index in [1.807, 2.05) is 42.4 Å². The van der Waals surface area contributed by atoms with Gasteiger partial charge in [0, 0.05) is 99.1 Å². The highest BCUT2D eigenvalue weighted by molar-refractivity contribution is 6.05. The summed E-state index contributed by atoms with van der Waals surface area (Å²) in [4.78, 5) is 44.6. The highest BCUT2D eigenvalue weighted by Gasteiger charge is 2.29. The standard InChI is InChI=1S/C37H41F2N9O3/c1-4-24-16-23(2)40-21-30(24)28-18-27(25-6-5-9-47(22-25)33(49)7-10-48-11-8-42-44-48)34(39)35-29(28)19-31(43-35)37(50)46-14-12-45(13-15-46)36-32(51-3)17-26(38)20-41-36/h6,8,11,16-21,42-44H,4-5,7,9-10,12-15,22H2,1-3H3. The smallest absolute Gasteiger partial charge is 0.270 e. The maximum atomic E-state index is 16.7. The van der Waals surface area contributed by atoms with Gasteiger partial charge in [-0.25, -0.2) is 13.8 Å². The second-order valence-electron chi connectivity index (χ2n) is 12.9. The average Bonchev–Trinajstić information content (AvgIpc) is 3.85. The number of H-pyrrole nitrogens is 1. The van der Waals surface area contributed by atoms with Gasteiger partial charge in [-0.1, -0.05) is 13.0 Å². The van der Waals surface area contributed by atoms with Gasteiger partial charge in [0.05, 0.1) is 18.8 Å². The predicted molar refractivity (Wildman–Crippen MR) is 190 cm³/mol. The van der Waals surface area contributed by atoms with E-state index < -0.39 is 11.6 Å². The first kappa shape index (κ1) is 34.0. The molecule has 0 bridgehead atoms. The van der Waals surface area contributed by atoms with E-state index in [2.05, 4.69) is 32.8 Å². The number of rotatable bonds is 9. The fourth-order valence-corrected chi connectivity index (χ4v) is 7.02. The molecule has 4 aromatic rings. The Kier molecular flexibility index (Phi) is 9.58. The van der Waals surface area contributed by atoms with E-state index in [1.54, 1.807) is 27.1 Å². The molecule has 0 atom stereocenters. The third-order valence-corrected chi connectivity index (χ3v) is 9.73. The number of carbonyl (C=O) groups excluding carboxylic acids is 2. The number of hydrazine groups is 2. The van der Waals surface area contributed by atoms with Crippen LogP contribution in [0.25, 0.3) is 27.6 Å². The molecule has 0 unspecified atom stereocenters. The van der Waals surface area contributed by atoms with Gasteiger partial charge < -0.3 is 29.8 Å². The normalized spacial score (nSPS) is 16.1. The van der Waals surface area contributed by atoms with Gasteiger partial charge in [-0.15, -0.1) is 5.53 Å². The summed E-state index contributed by atoms with van der Waals surface area (Å²) in [5, 5.41) is 2.38. The van der Waals surface area contributed by atoms with Crippen LogP contribution >= 0.6 is 0 Å². The van der Waals surface area contributed by atoms with Crippen molar-refractivity contribution in [1.29, 1.82) is 0 Å². The first-order valence-corrected chi connectivity index (χ1v) is 17.2. The minimum atomic E-state index is -0.488. The Balaban J connectivity index is 1.19. The van der Waals surface area contributed by atoms with Crippen LogP contribution in [0.5, 0.6) is 5.75 Å². The number of halogens is 2. The van der Waals surface area contributed by atoms with Gasteiger partial charge in [-0.05, 0) is 54.7 Å². The summed E-state index contributed by atoms with van der Waals surface area (Å²) in [6.07, 6.45) is 10.2. The van der Waals surface area contributed by atoms with Gasteiger partial charge in [-0.2, -0.15) is 0 Å². The van der Waals surface area contributed by atoms with Crippen molar-refractivity contribution >= 4 is 34.1 Å². The quantitative estimate of drug-likeness (QED) is 0.232. The molecule has 0 spiro atoms. The van der Waals surface area contributed by atoms with Gasteiger partial charge in [-0.3, -0.25) is 19.6 Å². The number of benzene rings is 1. The molecule has 12 nitrogen and oxygen atoms in total. The SMILES string of the molecule is CCc1cc(C)ncc1-c1cc(C2=CCCN(C(=O)CCN3C=CNN3)C2)c(F)c2[nH]c(C(=O)N3CCN(c4ncc(F)cc4OC)CC3)cc12. The number of methoxy groups -OCH3 is 1. The Morgan fingerprint density at radius 1 is 0.961 bits per heavy atom. The molecule has 3 N–H and O–H groups in total. The zero-order chi connectivity index (χ0) is 35.6. The van der Waals surface area contributed by atoms with Crippen LogP contribution in [0.4, 0.5) is 14.6 Å². The van der Waals surface area contributed by atoms with Crippen molar-refractivity contribution in [2.45, 2.75) is 33.1 Å². The van der Waals surface area contributed by atoms with E-state index in [9.17, 15) is 14.0 Å². The molecule has 2 amide bonds. The van der Waals surface area contributed by atoms with Crippen molar-refractivity contribution in [2.24, 2.45) is 0 Å². The highest BCUT2D eigenvalue weighted by atomic mass is 19.1. The maximum absolute atomic E-state index is 16.7. The fourth-order valence-electron chi connectivity index (χ4n) is 7.02. The predicted octanol–water partition coefficient (Wildman–Crippen LogP) is 4.55. The monoisotopic (exact) mass is 697 g/mol. The van der Waals surface area contributed by atoms with Crippen molar-refractivity contribution in [3.05, 3.63) is 89.3 Å². The molecule has 3 aromatic heterocycles. The number of nitrogens with zero attached hydrogens (tertiary/aromatic N) is 6. The summed E-state index contributed by atoms with van der Waals surface area (Å²) in [6.45, 7) is 7.03. The van der Waals surface area contributed by atoms with Crippen LogP contribution < -0.4 is 20.6 Å². The Labute approximate surface area is 294 Å². The van der Waals surface area contributed by atoms with Crippen molar-refractivity contribution in [2.75, 3.05) is 57.8 Å². The van der Waals surface area contributed by atoms with Crippen LogP contribution in [0.3, 0.4) is 0 Å². The highest BCUT2D eigenvalue weighted by Crippen LogP contribution is 2.38. The lowest BCUT2D eigenvalue weighted by Crippen LogP contribution is -2.49.